The van der Waals surface area contributed by atoms with E-state index in [1.54, 1.807) is 18.2 Å². The highest BCUT2D eigenvalue weighted by Gasteiger charge is 2.23. The fraction of sp³-hybridized carbons (Fsp3) is 0.350. The third-order valence-electron chi connectivity index (χ3n) is 5.02. The van der Waals surface area contributed by atoms with E-state index in [9.17, 15) is 4.79 Å². The molecule has 1 aliphatic rings. The smallest absolute Gasteiger partial charge is 0.279 e. The first-order valence-electron chi connectivity index (χ1n) is 8.84. The Bertz CT molecular complexity index is 802. The van der Waals surface area contributed by atoms with Crippen molar-refractivity contribution in [2.45, 2.75) is 13.8 Å². The van der Waals surface area contributed by atoms with Gasteiger partial charge >= 0.3 is 0 Å². The summed E-state index contributed by atoms with van der Waals surface area (Å²) in [6.07, 6.45) is 0. The predicted octanol–water partition coefficient (Wildman–Crippen LogP) is 2.95. The Morgan fingerprint density at radius 1 is 1.12 bits per heavy atom. The number of halogens is 2. The maximum absolute atomic E-state index is 12.3. The van der Waals surface area contributed by atoms with Gasteiger partial charge in [-0.05, 0) is 43.2 Å². The monoisotopic (exact) mass is 392 g/mol. The number of rotatable bonds is 4. The lowest BCUT2D eigenvalue weighted by Gasteiger charge is -2.34. The SMILES string of the molecule is Cc1cccc(N2CC[NH+](CC(=O)Nc3cccc(Cl)c3Cl)CC2)c1C. The predicted molar refractivity (Wildman–Crippen MR) is 109 cm³/mol. The maximum atomic E-state index is 12.3. The molecule has 0 atom stereocenters. The number of hydrogen-bond donors (Lipinski definition) is 2. The topological polar surface area (TPSA) is 36.8 Å². The van der Waals surface area contributed by atoms with Gasteiger partial charge < -0.3 is 15.1 Å². The minimum absolute atomic E-state index is 0.0376. The number of amides is 1. The first kappa shape index (κ1) is 19.0. The molecule has 0 aliphatic carbocycles. The highest BCUT2D eigenvalue weighted by molar-refractivity contribution is 6.43. The zero-order valence-electron chi connectivity index (χ0n) is 15.1. The van der Waals surface area contributed by atoms with Crippen molar-refractivity contribution in [1.82, 2.24) is 0 Å². The Morgan fingerprint density at radius 3 is 2.54 bits per heavy atom. The molecule has 138 valence electrons. The molecular formula is C20H24Cl2N3O+. The van der Waals surface area contributed by atoms with Crippen molar-refractivity contribution in [3.8, 4) is 0 Å². The van der Waals surface area contributed by atoms with E-state index >= 15 is 0 Å². The summed E-state index contributed by atoms with van der Waals surface area (Å²) in [4.78, 5) is 16.0. The minimum Gasteiger partial charge on any atom is -0.360 e. The van der Waals surface area contributed by atoms with Gasteiger partial charge in [-0.2, -0.15) is 0 Å². The highest BCUT2D eigenvalue weighted by Crippen LogP contribution is 2.29. The van der Waals surface area contributed by atoms with Crippen LogP contribution >= 0.6 is 23.2 Å². The quantitative estimate of drug-likeness (QED) is 0.838. The number of hydrogen-bond acceptors (Lipinski definition) is 2. The van der Waals surface area contributed by atoms with Gasteiger partial charge in [-0.3, -0.25) is 4.79 Å². The number of anilines is 2. The number of quaternary nitrogens is 1. The summed E-state index contributed by atoms with van der Waals surface area (Å²) < 4.78 is 0. The summed E-state index contributed by atoms with van der Waals surface area (Å²) in [6, 6.07) is 11.7. The number of benzene rings is 2. The van der Waals surface area contributed by atoms with Crippen LogP contribution in [0.2, 0.25) is 10.0 Å². The zero-order valence-corrected chi connectivity index (χ0v) is 16.6. The second-order valence-electron chi connectivity index (χ2n) is 6.78. The van der Waals surface area contributed by atoms with Crippen LogP contribution in [0, 0.1) is 13.8 Å². The fourth-order valence-electron chi connectivity index (χ4n) is 3.34. The first-order chi connectivity index (χ1) is 12.5. The lowest BCUT2D eigenvalue weighted by molar-refractivity contribution is -0.892. The van der Waals surface area contributed by atoms with Crippen LogP contribution in [0.1, 0.15) is 11.1 Å². The third-order valence-corrected chi connectivity index (χ3v) is 5.84. The van der Waals surface area contributed by atoms with Crippen LogP contribution in [-0.2, 0) is 4.79 Å². The average Bonchev–Trinajstić information content (AvgIpc) is 2.62. The van der Waals surface area contributed by atoms with Crippen molar-refractivity contribution in [3.05, 3.63) is 57.6 Å². The van der Waals surface area contributed by atoms with E-state index in [1.807, 2.05) is 0 Å². The molecule has 6 heteroatoms. The maximum Gasteiger partial charge on any atom is 0.279 e. The Kier molecular flexibility index (Phi) is 6.07. The summed E-state index contributed by atoms with van der Waals surface area (Å²) in [7, 11) is 0. The van der Waals surface area contributed by atoms with Crippen LogP contribution in [0.5, 0.6) is 0 Å². The van der Waals surface area contributed by atoms with Gasteiger partial charge in [-0.15, -0.1) is 0 Å². The number of nitrogens with zero attached hydrogens (tertiary/aromatic N) is 1. The first-order valence-corrected chi connectivity index (χ1v) is 9.60. The standard InChI is InChI=1S/C20H23Cl2N3O/c1-14-5-3-8-18(15(14)2)25-11-9-24(10-12-25)13-19(26)23-17-7-4-6-16(21)20(17)22/h3-8H,9-13H2,1-2H3,(H,23,26)/p+1. The minimum atomic E-state index is -0.0376. The molecule has 4 nitrogen and oxygen atoms in total. The molecule has 2 aromatic carbocycles. The lowest BCUT2D eigenvalue weighted by Crippen LogP contribution is -3.15. The van der Waals surface area contributed by atoms with Gasteiger partial charge in [0.1, 0.15) is 0 Å². The van der Waals surface area contributed by atoms with Crippen LogP contribution in [0.4, 0.5) is 11.4 Å². The van der Waals surface area contributed by atoms with E-state index in [0.717, 1.165) is 26.2 Å². The molecule has 2 N–H and O–H groups in total. The van der Waals surface area contributed by atoms with Gasteiger partial charge in [-0.25, -0.2) is 0 Å². The molecule has 0 saturated carbocycles. The molecule has 1 saturated heterocycles. The summed E-state index contributed by atoms with van der Waals surface area (Å²) in [5.74, 6) is -0.0376. The van der Waals surface area contributed by atoms with Gasteiger partial charge in [0.15, 0.2) is 6.54 Å². The number of aryl methyl sites for hydroxylation is 1. The van der Waals surface area contributed by atoms with Gasteiger partial charge in [0.25, 0.3) is 5.91 Å². The van der Waals surface area contributed by atoms with Crippen LogP contribution in [0.25, 0.3) is 0 Å². The Balaban J connectivity index is 1.54. The molecule has 1 amide bonds. The van der Waals surface area contributed by atoms with Crippen molar-refractivity contribution in [2.24, 2.45) is 0 Å². The van der Waals surface area contributed by atoms with E-state index in [4.69, 9.17) is 23.2 Å². The lowest BCUT2D eigenvalue weighted by atomic mass is 10.1. The molecule has 26 heavy (non-hydrogen) atoms. The second-order valence-corrected chi connectivity index (χ2v) is 7.57. The van der Waals surface area contributed by atoms with Gasteiger partial charge in [0.05, 0.1) is 41.9 Å². The summed E-state index contributed by atoms with van der Waals surface area (Å²) in [6.45, 7) is 8.52. The average molecular weight is 393 g/mol. The van der Waals surface area contributed by atoms with E-state index < -0.39 is 0 Å². The Morgan fingerprint density at radius 2 is 1.81 bits per heavy atom. The van der Waals surface area contributed by atoms with Gasteiger partial charge in [0.2, 0.25) is 0 Å². The molecule has 0 aromatic heterocycles. The molecule has 0 radical (unpaired) electrons. The second kappa shape index (κ2) is 8.30. The van der Waals surface area contributed by atoms with E-state index in [-0.39, 0.29) is 5.91 Å². The largest absolute Gasteiger partial charge is 0.360 e. The number of nitrogens with one attached hydrogen (secondary N) is 2. The number of piperazine rings is 1. The molecular weight excluding hydrogens is 369 g/mol. The summed E-state index contributed by atoms with van der Waals surface area (Å²) in [5.41, 5.74) is 4.52. The third kappa shape index (κ3) is 4.32. The Hall–Kier alpha value is -1.75. The molecule has 1 aliphatic heterocycles. The van der Waals surface area contributed by atoms with Gasteiger partial charge in [0, 0.05) is 5.69 Å². The highest BCUT2D eigenvalue weighted by atomic mass is 35.5. The molecule has 0 spiro atoms. The van der Waals surface area contributed by atoms with Crippen LogP contribution < -0.4 is 15.1 Å². The van der Waals surface area contributed by atoms with E-state index in [2.05, 4.69) is 42.3 Å². The number of carbonyl (C=O) groups excluding carboxylic acids is 1. The molecule has 0 unspecified atom stereocenters. The molecule has 1 fully saturated rings. The van der Waals surface area contributed by atoms with Crippen molar-refractivity contribution in [1.29, 1.82) is 0 Å². The van der Waals surface area contributed by atoms with E-state index in [1.165, 1.54) is 21.7 Å². The number of carbonyl (C=O) groups is 1. The van der Waals surface area contributed by atoms with E-state index in [0.29, 0.717) is 22.3 Å². The summed E-state index contributed by atoms with van der Waals surface area (Å²) in [5, 5.41) is 3.70. The fourth-order valence-corrected chi connectivity index (χ4v) is 3.69. The zero-order chi connectivity index (χ0) is 18.7. The van der Waals surface area contributed by atoms with Gasteiger partial charge in [-0.1, -0.05) is 41.4 Å². The van der Waals surface area contributed by atoms with Crippen molar-refractivity contribution < 1.29 is 9.69 Å². The summed E-state index contributed by atoms with van der Waals surface area (Å²) >= 11 is 12.1. The van der Waals surface area contributed by atoms with Crippen LogP contribution in [0.3, 0.4) is 0 Å². The Labute approximate surface area is 164 Å². The van der Waals surface area contributed by atoms with Crippen molar-refractivity contribution >= 4 is 40.5 Å². The van der Waals surface area contributed by atoms with Crippen LogP contribution in [0.15, 0.2) is 36.4 Å². The molecule has 2 aromatic rings. The molecule has 0 bridgehead atoms. The normalized spacial score (nSPS) is 15.2. The van der Waals surface area contributed by atoms with Crippen LogP contribution in [-0.4, -0.2) is 38.6 Å². The molecule has 3 rings (SSSR count). The van der Waals surface area contributed by atoms with Crippen molar-refractivity contribution in [3.63, 3.8) is 0 Å². The molecule has 1 heterocycles. The van der Waals surface area contributed by atoms with Crippen molar-refractivity contribution in [2.75, 3.05) is 42.9 Å².